The second kappa shape index (κ2) is 11.8. The van der Waals surface area contributed by atoms with E-state index in [1.54, 1.807) is 4.90 Å². The lowest BCUT2D eigenvalue weighted by Crippen LogP contribution is -2.46. The van der Waals surface area contributed by atoms with Gasteiger partial charge in [0.15, 0.2) is 6.61 Å². The lowest BCUT2D eigenvalue weighted by molar-refractivity contribution is -0.123. The number of hydrogen-bond acceptors (Lipinski definition) is 5. The molecule has 4 rings (SSSR count). The van der Waals surface area contributed by atoms with Gasteiger partial charge in [-0.1, -0.05) is 30.3 Å². The van der Waals surface area contributed by atoms with Crippen molar-refractivity contribution >= 4 is 17.5 Å². The zero-order valence-corrected chi connectivity index (χ0v) is 19.2. The van der Waals surface area contributed by atoms with E-state index in [9.17, 15) is 9.59 Å². The van der Waals surface area contributed by atoms with Crippen LogP contribution in [0, 0.1) is 0 Å². The van der Waals surface area contributed by atoms with Crippen molar-refractivity contribution < 1.29 is 14.3 Å². The van der Waals surface area contributed by atoms with Gasteiger partial charge in [-0.05, 0) is 49.2 Å². The number of benzene rings is 2. The monoisotopic (exact) mass is 450 g/mol. The second-order valence-corrected chi connectivity index (χ2v) is 8.74. The summed E-state index contributed by atoms with van der Waals surface area (Å²) in [7, 11) is 0. The van der Waals surface area contributed by atoms with Crippen molar-refractivity contribution in [2.75, 3.05) is 57.3 Å². The molecule has 7 nitrogen and oxygen atoms in total. The Morgan fingerprint density at radius 2 is 1.64 bits per heavy atom. The van der Waals surface area contributed by atoms with Gasteiger partial charge in [0.2, 0.25) is 5.91 Å². The Hall–Kier alpha value is -2.90. The number of rotatable bonds is 10. The fourth-order valence-electron chi connectivity index (χ4n) is 4.39. The van der Waals surface area contributed by atoms with Crippen LogP contribution in [0.3, 0.4) is 0 Å². The molecular weight excluding hydrogens is 416 g/mol. The minimum Gasteiger partial charge on any atom is -0.484 e. The van der Waals surface area contributed by atoms with E-state index in [1.807, 2.05) is 24.3 Å². The lowest BCUT2D eigenvalue weighted by atomic mass is 10.2. The molecule has 0 atom stereocenters. The van der Waals surface area contributed by atoms with E-state index in [-0.39, 0.29) is 18.4 Å². The van der Waals surface area contributed by atoms with Gasteiger partial charge in [0, 0.05) is 57.9 Å². The van der Waals surface area contributed by atoms with Gasteiger partial charge in [0.05, 0.1) is 0 Å². The van der Waals surface area contributed by atoms with Gasteiger partial charge in [-0.3, -0.25) is 14.5 Å². The summed E-state index contributed by atoms with van der Waals surface area (Å²) < 4.78 is 5.59. The van der Waals surface area contributed by atoms with E-state index >= 15 is 0 Å². The van der Waals surface area contributed by atoms with Gasteiger partial charge in [0.1, 0.15) is 5.75 Å². The molecule has 2 amide bonds. The van der Waals surface area contributed by atoms with Gasteiger partial charge >= 0.3 is 0 Å². The van der Waals surface area contributed by atoms with Gasteiger partial charge in [-0.2, -0.15) is 0 Å². The minimum absolute atomic E-state index is 0.000151. The molecule has 0 unspecified atom stereocenters. The molecule has 0 saturated carbocycles. The SMILES string of the molecule is O=C(COc1ccc(N2CCCC2=O)cc1)NCCCN1CCN(Cc2ccccc2)CC1. The van der Waals surface area contributed by atoms with Crippen LogP contribution in [0.5, 0.6) is 5.75 Å². The number of carbonyl (C=O) groups is 2. The van der Waals surface area contributed by atoms with E-state index in [2.05, 4.69) is 45.4 Å². The van der Waals surface area contributed by atoms with Crippen LogP contribution in [0.4, 0.5) is 5.69 Å². The van der Waals surface area contributed by atoms with Gasteiger partial charge < -0.3 is 19.9 Å². The first-order valence-electron chi connectivity index (χ1n) is 12.0. The number of ether oxygens (including phenoxy) is 1. The van der Waals surface area contributed by atoms with Crippen molar-refractivity contribution in [1.29, 1.82) is 0 Å². The molecule has 176 valence electrons. The summed E-state index contributed by atoms with van der Waals surface area (Å²) in [6.07, 6.45) is 2.45. The van der Waals surface area contributed by atoms with Crippen molar-refractivity contribution in [3.05, 3.63) is 60.2 Å². The molecule has 0 aromatic heterocycles. The van der Waals surface area contributed by atoms with Crippen molar-refractivity contribution in [3.63, 3.8) is 0 Å². The first kappa shape index (κ1) is 23.3. The number of carbonyl (C=O) groups excluding carboxylic acids is 2. The number of nitrogens with one attached hydrogen (secondary N) is 1. The highest BCUT2D eigenvalue weighted by Crippen LogP contribution is 2.23. The van der Waals surface area contributed by atoms with Crippen LogP contribution in [-0.4, -0.2) is 74.0 Å². The summed E-state index contributed by atoms with van der Waals surface area (Å²) in [6, 6.07) is 18.0. The molecule has 2 heterocycles. The van der Waals surface area contributed by atoms with Crippen LogP contribution in [0.15, 0.2) is 54.6 Å². The Morgan fingerprint density at radius 3 is 2.33 bits per heavy atom. The molecule has 0 bridgehead atoms. The molecule has 0 aliphatic carbocycles. The number of piperazine rings is 1. The highest BCUT2D eigenvalue weighted by atomic mass is 16.5. The van der Waals surface area contributed by atoms with Gasteiger partial charge in [-0.15, -0.1) is 0 Å². The summed E-state index contributed by atoms with van der Waals surface area (Å²) in [6.45, 7) is 7.75. The molecule has 2 aromatic carbocycles. The second-order valence-electron chi connectivity index (χ2n) is 8.74. The van der Waals surface area contributed by atoms with Gasteiger partial charge in [-0.25, -0.2) is 0 Å². The highest BCUT2D eigenvalue weighted by molar-refractivity contribution is 5.95. The number of anilines is 1. The third-order valence-corrected chi connectivity index (χ3v) is 6.28. The maximum absolute atomic E-state index is 12.1. The molecule has 1 N–H and O–H groups in total. The quantitative estimate of drug-likeness (QED) is 0.564. The van der Waals surface area contributed by atoms with E-state index in [1.165, 1.54) is 5.56 Å². The number of hydrogen-bond donors (Lipinski definition) is 1. The Labute approximate surface area is 196 Å². The van der Waals surface area contributed by atoms with E-state index in [0.717, 1.165) is 64.3 Å². The predicted molar refractivity (Wildman–Crippen MR) is 129 cm³/mol. The summed E-state index contributed by atoms with van der Waals surface area (Å²) >= 11 is 0. The smallest absolute Gasteiger partial charge is 0.257 e. The summed E-state index contributed by atoms with van der Waals surface area (Å²) in [5.74, 6) is 0.688. The van der Waals surface area contributed by atoms with Crippen molar-refractivity contribution in [2.45, 2.75) is 25.8 Å². The maximum Gasteiger partial charge on any atom is 0.257 e. The van der Waals surface area contributed by atoms with Crippen LogP contribution in [0.1, 0.15) is 24.8 Å². The zero-order chi connectivity index (χ0) is 22.9. The van der Waals surface area contributed by atoms with E-state index in [4.69, 9.17) is 4.74 Å². The van der Waals surface area contributed by atoms with E-state index in [0.29, 0.717) is 18.7 Å². The molecule has 33 heavy (non-hydrogen) atoms. The fourth-order valence-corrected chi connectivity index (χ4v) is 4.39. The molecule has 2 aliphatic rings. The third kappa shape index (κ3) is 7.04. The average molecular weight is 451 g/mol. The summed E-state index contributed by atoms with van der Waals surface area (Å²) in [4.78, 5) is 30.7. The average Bonchev–Trinajstić information content (AvgIpc) is 3.28. The van der Waals surface area contributed by atoms with Crippen LogP contribution in [0.25, 0.3) is 0 Å². The number of nitrogens with zero attached hydrogens (tertiary/aromatic N) is 3. The Balaban J connectivity index is 1.06. The van der Waals surface area contributed by atoms with E-state index < -0.39 is 0 Å². The standard InChI is InChI=1S/C26H34N4O3/c31-25(21-33-24-11-9-23(10-12-24)30-15-4-8-26(30)32)27-13-5-14-28-16-18-29(19-17-28)20-22-6-2-1-3-7-22/h1-3,6-7,9-12H,4-5,8,13-21H2,(H,27,31). The largest absolute Gasteiger partial charge is 0.484 e. The van der Waals surface area contributed by atoms with Crippen LogP contribution < -0.4 is 15.0 Å². The molecule has 7 heteroatoms. The first-order chi connectivity index (χ1) is 16.2. The summed E-state index contributed by atoms with van der Waals surface area (Å²) in [5.41, 5.74) is 2.25. The van der Waals surface area contributed by atoms with Crippen molar-refractivity contribution in [1.82, 2.24) is 15.1 Å². The Bertz CT molecular complexity index is 896. The van der Waals surface area contributed by atoms with Crippen molar-refractivity contribution in [2.24, 2.45) is 0 Å². The van der Waals surface area contributed by atoms with Gasteiger partial charge in [0.25, 0.3) is 5.91 Å². The lowest BCUT2D eigenvalue weighted by Gasteiger charge is -2.34. The Morgan fingerprint density at radius 1 is 0.909 bits per heavy atom. The Kier molecular flexibility index (Phi) is 8.33. The first-order valence-corrected chi connectivity index (χ1v) is 12.0. The maximum atomic E-state index is 12.1. The summed E-state index contributed by atoms with van der Waals surface area (Å²) in [5, 5.41) is 2.94. The molecule has 2 aliphatic heterocycles. The normalized spacial score (nSPS) is 17.3. The topological polar surface area (TPSA) is 65.1 Å². The van der Waals surface area contributed by atoms with Crippen LogP contribution >= 0.6 is 0 Å². The van der Waals surface area contributed by atoms with Crippen LogP contribution in [-0.2, 0) is 16.1 Å². The molecule has 0 spiro atoms. The zero-order valence-electron chi connectivity index (χ0n) is 19.2. The predicted octanol–water partition coefficient (Wildman–Crippen LogP) is 2.52. The molecule has 0 radical (unpaired) electrons. The number of amides is 2. The van der Waals surface area contributed by atoms with Crippen LogP contribution in [0.2, 0.25) is 0 Å². The highest BCUT2D eigenvalue weighted by Gasteiger charge is 2.21. The fraction of sp³-hybridized carbons (Fsp3) is 0.462. The molecule has 2 saturated heterocycles. The molecular formula is C26H34N4O3. The molecule has 2 aromatic rings. The third-order valence-electron chi connectivity index (χ3n) is 6.28. The molecule has 2 fully saturated rings. The van der Waals surface area contributed by atoms with Crippen molar-refractivity contribution in [3.8, 4) is 5.75 Å². The minimum atomic E-state index is -0.110.